The third-order valence-corrected chi connectivity index (χ3v) is 1.44. The van der Waals surface area contributed by atoms with E-state index in [1.165, 1.54) is 0 Å². The molecule has 1 heterocycles. The van der Waals surface area contributed by atoms with Gasteiger partial charge in [-0.05, 0) is 0 Å². The van der Waals surface area contributed by atoms with Gasteiger partial charge in [0, 0.05) is 20.1 Å². The van der Waals surface area contributed by atoms with E-state index in [0.717, 1.165) is 19.0 Å². The molecule has 1 aliphatic heterocycles. The van der Waals surface area contributed by atoms with Crippen molar-refractivity contribution >= 4 is 5.96 Å². The Kier molecular flexibility index (Phi) is 2.48. The van der Waals surface area contributed by atoms with Gasteiger partial charge in [-0.2, -0.15) is 0 Å². The van der Waals surface area contributed by atoms with Gasteiger partial charge in [-0.15, -0.1) is 0 Å². The first-order chi connectivity index (χ1) is 4.84. The van der Waals surface area contributed by atoms with Crippen LogP contribution in [0.15, 0.2) is 4.99 Å². The van der Waals surface area contributed by atoms with Crippen molar-refractivity contribution in [1.82, 2.24) is 10.2 Å². The molecule has 0 spiro atoms. The topological polar surface area (TPSA) is 27.6 Å². The summed E-state index contributed by atoms with van der Waals surface area (Å²) in [7, 11) is 1.94. The molecule has 4 heteroatoms. The number of alkyl halides is 1. The molecule has 1 N–H and O–H groups in total. The number of hydrogen-bond donors (Lipinski definition) is 1. The number of halogens is 1. The molecule has 0 atom stereocenters. The maximum Gasteiger partial charge on any atom is 0.193 e. The molecule has 0 aromatic rings. The molecule has 0 unspecified atom stereocenters. The first kappa shape index (κ1) is 7.31. The summed E-state index contributed by atoms with van der Waals surface area (Å²) in [6.07, 6.45) is 0. The Bertz CT molecular complexity index is 135. The van der Waals surface area contributed by atoms with Crippen molar-refractivity contribution in [3.05, 3.63) is 0 Å². The molecule has 3 nitrogen and oxygen atoms in total. The number of aliphatic imine (C=N–C) groups is 1. The Labute approximate surface area is 59.9 Å². The van der Waals surface area contributed by atoms with Gasteiger partial charge in [-0.1, -0.05) is 0 Å². The molecule has 1 rings (SSSR count). The fourth-order valence-corrected chi connectivity index (χ4v) is 0.882. The van der Waals surface area contributed by atoms with Gasteiger partial charge in [0.2, 0.25) is 0 Å². The highest BCUT2D eigenvalue weighted by atomic mass is 19.1. The van der Waals surface area contributed by atoms with Crippen LogP contribution in [0.5, 0.6) is 0 Å². The molecule has 0 aromatic carbocycles. The van der Waals surface area contributed by atoms with Crippen LogP contribution >= 0.6 is 0 Å². The lowest BCUT2D eigenvalue weighted by Gasteiger charge is -2.13. The van der Waals surface area contributed by atoms with Crippen molar-refractivity contribution in [3.8, 4) is 0 Å². The molecular formula is C6H12FN3. The number of guanidine groups is 1. The maximum absolute atomic E-state index is 11.6. The van der Waals surface area contributed by atoms with Gasteiger partial charge < -0.3 is 10.2 Å². The summed E-state index contributed by atoms with van der Waals surface area (Å²) in [6.45, 7) is 1.79. The summed E-state index contributed by atoms with van der Waals surface area (Å²) in [5.74, 6) is 0.817. The van der Waals surface area contributed by atoms with Crippen LogP contribution in [0.3, 0.4) is 0 Å². The zero-order valence-corrected chi connectivity index (χ0v) is 6.10. The smallest absolute Gasteiger partial charge is 0.193 e. The van der Waals surface area contributed by atoms with E-state index < -0.39 is 0 Å². The first-order valence-corrected chi connectivity index (χ1v) is 3.40. The molecule has 0 fully saturated rings. The average molecular weight is 145 g/mol. The van der Waals surface area contributed by atoms with Crippen molar-refractivity contribution in [2.75, 3.05) is 33.4 Å². The molecule has 0 saturated heterocycles. The lowest BCUT2D eigenvalue weighted by molar-refractivity contribution is 0.475. The van der Waals surface area contributed by atoms with Crippen LogP contribution in [-0.2, 0) is 0 Å². The Morgan fingerprint density at radius 3 is 3.10 bits per heavy atom. The molecule has 0 radical (unpaired) electrons. The normalized spacial score (nSPS) is 17.4. The van der Waals surface area contributed by atoms with Crippen LogP contribution in [0.2, 0.25) is 0 Å². The molecule has 0 aromatic heterocycles. The van der Waals surface area contributed by atoms with Gasteiger partial charge in [0.15, 0.2) is 5.96 Å². The van der Waals surface area contributed by atoms with E-state index in [2.05, 4.69) is 10.3 Å². The fourth-order valence-electron chi connectivity index (χ4n) is 0.882. The second-order valence-electron chi connectivity index (χ2n) is 2.24. The van der Waals surface area contributed by atoms with E-state index in [4.69, 9.17) is 0 Å². The average Bonchev–Trinajstić information content (AvgIpc) is 2.31. The zero-order chi connectivity index (χ0) is 7.40. The predicted octanol–water partition coefficient (Wildman–Crippen LogP) is -0.153. The van der Waals surface area contributed by atoms with Crippen LogP contribution < -0.4 is 5.32 Å². The van der Waals surface area contributed by atoms with Gasteiger partial charge in [0.25, 0.3) is 0 Å². The first-order valence-electron chi connectivity index (χ1n) is 3.40. The van der Waals surface area contributed by atoms with E-state index >= 15 is 0 Å². The molecule has 1 aliphatic rings. The third kappa shape index (κ3) is 1.59. The Hall–Kier alpha value is -0.800. The van der Waals surface area contributed by atoms with E-state index in [0.29, 0.717) is 6.54 Å². The zero-order valence-electron chi connectivity index (χ0n) is 6.10. The molecule has 0 saturated carbocycles. The number of hydrogen-bond acceptors (Lipinski definition) is 3. The fraction of sp³-hybridized carbons (Fsp3) is 0.833. The van der Waals surface area contributed by atoms with Gasteiger partial charge in [0.1, 0.15) is 6.67 Å². The minimum Gasteiger partial charge on any atom is -0.354 e. The van der Waals surface area contributed by atoms with Gasteiger partial charge in [-0.3, -0.25) is 4.99 Å². The molecule has 58 valence electrons. The quantitative estimate of drug-likeness (QED) is 0.585. The second kappa shape index (κ2) is 3.39. The van der Waals surface area contributed by atoms with Crippen molar-refractivity contribution < 1.29 is 4.39 Å². The van der Waals surface area contributed by atoms with Gasteiger partial charge in [-0.25, -0.2) is 4.39 Å². The van der Waals surface area contributed by atoms with Gasteiger partial charge >= 0.3 is 0 Å². The van der Waals surface area contributed by atoms with E-state index in [-0.39, 0.29) is 6.67 Å². The number of rotatable bonds is 2. The van der Waals surface area contributed by atoms with Crippen LogP contribution in [0.25, 0.3) is 0 Å². The van der Waals surface area contributed by atoms with Crippen molar-refractivity contribution in [3.63, 3.8) is 0 Å². The van der Waals surface area contributed by atoms with Crippen LogP contribution in [-0.4, -0.2) is 44.2 Å². The lowest BCUT2D eigenvalue weighted by Crippen LogP contribution is -2.36. The predicted molar refractivity (Wildman–Crippen MR) is 38.9 cm³/mol. The summed E-state index contributed by atoms with van der Waals surface area (Å²) in [6, 6.07) is 0. The maximum atomic E-state index is 11.6. The Morgan fingerprint density at radius 1 is 1.80 bits per heavy atom. The molecule has 0 bridgehead atoms. The van der Waals surface area contributed by atoms with Crippen molar-refractivity contribution in [2.45, 2.75) is 0 Å². The van der Waals surface area contributed by atoms with E-state index in [1.54, 1.807) is 0 Å². The van der Waals surface area contributed by atoms with E-state index in [1.807, 2.05) is 11.9 Å². The van der Waals surface area contributed by atoms with Crippen LogP contribution in [0.4, 0.5) is 4.39 Å². The largest absolute Gasteiger partial charge is 0.354 e. The number of likely N-dealkylation sites (N-methyl/N-ethyl adjacent to an activating group) is 1. The summed E-state index contributed by atoms with van der Waals surface area (Å²) in [4.78, 5) is 6.10. The van der Waals surface area contributed by atoms with Crippen LogP contribution in [0, 0.1) is 0 Å². The Morgan fingerprint density at radius 2 is 2.60 bits per heavy atom. The molecule has 0 aliphatic carbocycles. The monoisotopic (exact) mass is 145 g/mol. The third-order valence-electron chi connectivity index (χ3n) is 1.44. The Balaban J connectivity index is 2.26. The summed E-state index contributed by atoms with van der Waals surface area (Å²) in [5.41, 5.74) is 0. The SMILES string of the molecule is CN1CCN=C1NCCF. The van der Waals surface area contributed by atoms with Gasteiger partial charge in [0.05, 0.1) is 6.54 Å². The molecule has 10 heavy (non-hydrogen) atoms. The number of nitrogens with one attached hydrogen (secondary N) is 1. The minimum atomic E-state index is -0.340. The molecular weight excluding hydrogens is 133 g/mol. The highest BCUT2D eigenvalue weighted by molar-refractivity contribution is 5.81. The number of nitrogens with zero attached hydrogens (tertiary/aromatic N) is 2. The standard InChI is InChI=1S/C6H12FN3/c1-10-5-4-9-6(10)8-3-2-7/h2-5H2,1H3,(H,8,9). The van der Waals surface area contributed by atoms with E-state index in [9.17, 15) is 4.39 Å². The summed E-state index contributed by atoms with van der Waals surface area (Å²) in [5, 5.41) is 2.88. The van der Waals surface area contributed by atoms with Crippen LogP contribution in [0.1, 0.15) is 0 Å². The lowest BCUT2D eigenvalue weighted by atomic mass is 10.6. The highest BCUT2D eigenvalue weighted by Gasteiger charge is 2.10. The second-order valence-corrected chi connectivity index (χ2v) is 2.24. The molecule has 0 amide bonds. The summed E-state index contributed by atoms with van der Waals surface area (Å²) < 4.78 is 11.6. The van der Waals surface area contributed by atoms with Crippen molar-refractivity contribution in [1.29, 1.82) is 0 Å². The minimum absolute atomic E-state index is 0.340. The summed E-state index contributed by atoms with van der Waals surface area (Å²) >= 11 is 0. The highest BCUT2D eigenvalue weighted by Crippen LogP contribution is 1.93. The van der Waals surface area contributed by atoms with Crippen molar-refractivity contribution in [2.24, 2.45) is 4.99 Å².